The van der Waals surface area contributed by atoms with Crippen LogP contribution in [0.25, 0.3) is 0 Å². The molecule has 0 aromatic heterocycles. The van der Waals surface area contributed by atoms with Crippen molar-refractivity contribution in [2.75, 3.05) is 7.11 Å². The predicted molar refractivity (Wildman–Crippen MR) is 77.9 cm³/mol. The third kappa shape index (κ3) is 2.94. The Balaban J connectivity index is 2.53. The minimum Gasteiger partial charge on any atom is -0.495 e. The Morgan fingerprint density at radius 2 is 2.16 bits per heavy atom. The molecule has 1 saturated carbocycles. The third-order valence-corrected chi connectivity index (χ3v) is 4.55. The second-order valence-corrected chi connectivity index (χ2v) is 6.14. The predicted octanol–water partition coefficient (Wildman–Crippen LogP) is 4.04. The summed E-state index contributed by atoms with van der Waals surface area (Å²) < 4.78 is 6.42. The lowest BCUT2D eigenvalue weighted by Crippen LogP contribution is -2.12. The molecule has 0 amide bonds. The Morgan fingerprint density at radius 3 is 2.63 bits per heavy atom. The second-order valence-electron chi connectivity index (χ2n) is 5.29. The molecule has 1 aromatic carbocycles. The van der Waals surface area contributed by atoms with Crippen molar-refractivity contribution in [3.63, 3.8) is 0 Å². The first-order valence-electron chi connectivity index (χ1n) is 6.51. The van der Waals surface area contributed by atoms with Crippen molar-refractivity contribution in [2.24, 2.45) is 5.92 Å². The SMILES string of the molecule is COc1c(Br)cc(C)c(C)c1C(CC(=O)O)C1CC1. The number of methoxy groups -OCH3 is 1. The van der Waals surface area contributed by atoms with Crippen LogP contribution in [0.1, 0.15) is 41.9 Å². The van der Waals surface area contributed by atoms with E-state index in [1.54, 1.807) is 7.11 Å². The van der Waals surface area contributed by atoms with Crippen LogP contribution in [0.4, 0.5) is 0 Å². The fraction of sp³-hybridized carbons (Fsp3) is 0.533. The molecule has 1 atom stereocenters. The Hall–Kier alpha value is -1.03. The van der Waals surface area contributed by atoms with E-state index in [1.165, 1.54) is 5.56 Å². The molecule has 104 valence electrons. The van der Waals surface area contributed by atoms with Crippen molar-refractivity contribution >= 4 is 21.9 Å². The summed E-state index contributed by atoms with van der Waals surface area (Å²) in [7, 11) is 1.64. The summed E-state index contributed by atoms with van der Waals surface area (Å²) in [6.45, 7) is 4.10. The molecule has 4 heteroatoms. The van der Waals surface area contributed by atoms with E-state index in [1.807, 2.05) is 13.0 Å². The summed E-state index contributed by atoms with van der Waals surface area (Å²) >= 11 is 3.52. The van der Waals surface area contributed by atoms with Gasteiger partial charge in [-0.1, -0.05) is 0 Å². The zero-order chi connectivity index (χ0) is 14.2. The average molecular weight is 327 g/mol. The molecule has 0 spiro atoms. The van der Waals surface area contributed by atoms with Gasteiger partial charge < -0.3 is 9.84 Å². The zero-order valence-electron chi connectivity index (χ0n) is 11.5. The maximum Gasteiger partial charge on any atom is 0.303 e. The molecule has 1 aliphatic carbocycles. The summed E-state index contributed by atoms with van der Waals surface area (Å²) in [5, 5.41) is 9.16. The van der Waals surface area contributed by atoms with Gasteiger partial charge in [-0.05, 0) is 65.7 Å². The van der Waals surface area contributed by atoms with Gasteiger partial charge in [-0.3, -0.25) is 4.79 Å². The highest BCUT2D eigenvalue weighted by molar-refractivity contribution is 9.10. The Labute approximate surface area is 122 Å². The summed E-state index contributed by atoms with van der Waals surface area (Å²) in [5.41, 5.74) is 3.39. The highest BCUT2D eigenvalue weighted by Crippen LogP contribution is 2.50. The van der Waals surface area contributed by atoms with Crippen molar-refractivity contribution in [3.8, 4) is 5.75 Å². The lowest BCUT2D eigenvalue weighted by molar-refractivity contribution is -0.137. The van der Waals surface area contributed by atoms with E-state index in [2.05, 4.69) is 22.9 Å². The monoisotopic (exact) mass is 326 g/mol. The zero-order valence-corrected chi connectivity index (χ0v) is 13.1. The summed E-state index contributed by atoms with van der Waals surface area (Å²) in [4.78, 5) is 11.1. The quantitative estimate of drug-likeness (QED) is 0.888. The van der Waals surface area contributed by atoms with Crippen LogP contribution in [0, 0.1) is 19.8 Å². The van der Waals surface area contributed by atoms with Gasteiger partial charge in [0, 0.05) is 11.5 Å². The van der Waals surface area contributed by atoms with E-state index in [0.717, 1.165) is 34.2 Å². The highest BCUT2D eigenvalue weighted by atomic mass is 79.9. The van der Waals surface area contributed by atoms with Gasteiger partial charge in [0.1, 0.15) is 5.75 Å². The fourth-order valence-corrected chi connectivity index (χ4v) is 3.44. The minimum atomic E-state index is -0.740. The number of hydrogen-bond donors (Lipinski definition) is 1. The molecule has 0 saturated heterocycles. The van der Waals surface area contributed by atoms with E-state index < -0.39 is 5.97 Å². The first kappa shape index (κ1) is 14.4. The van der Waals surface area contributed by atoms with E-state index in [-0.39, 0.29) is 12.3 Å². The van der Waals surface area contributed by atoms with E-state index in [9.17, 15) is 4.79 Å². The van der Waals surface area contributed by atoms with E-state index in [0.29, 0.717) is 5.92 Å². The lowest BCUT2D eigenvalue weighted by atomic mass is 9.85. The average Bonchev–Trinajstić information content (AvgIpc) is 3.14. The number of aryl methyl sites for hydroxylation is 1. The minimum absolute atomic E-state index is 0.0589. The molecule has 2 rings (SSSR count). The molecule has 1 aliphatic rings. The smallest absolute Gasteiger partial charge is 0.303 e. The fourth-order valence-electron chi connectivity index (χ4n) is 2.72. The molecule has 0 heterocycles. The largest absolute Gasteiger partial charge is 0.495 e. The molecule has 0 aliphatic heterocycles. The van der Waals surface area contributed by atoms with Crippen molar-refractivity contribution in [1.29, 1.82) is 0 Å². The number of aliphatic carboxylic acids is 1. The molecular formula is C15H19BrO3. The van der Waals surface area contributed by atoms with Crippen LogP contribution >= 0.6 is 15.9 Å². The van der Waals surface area contributed by atoms with Crippen LogP contribution in [0.5, 0.6) is 5.75 Å². The number of ether oxygens (including phenoxy) is 1. The molecule has 1 unspecified atom stereocenters. The number of carboxylic acids is 1. The molecule has 1 aromatic rings. The van der Waals surface area contributed by atoms with Gasteiger partial charge in [-0.15, -0.1) is 0 Å². The molecule has 1 N–H and O–H groups in total. The standard InChI is InChI=1S/C15H19BrO3/c1-8-6-12(16)15(19-3)14(9(8)2)11(7-13(17)18)10-4-5-10/h6,10-11H,4-5,7H2,1-3H3,(H,17,18). The van der Waals surface area contributed by atoms with Gasteiger partial charge >= 0.3 is 5.97 Å². The first-order valence-corrected chi connectivity index (χ1v) is 7.30. The maximum absolute atomic E-state index is 11.1. The van der Waals surface area contributed by atoms with Crippen LogP contribution < -0.4 is 4.74 Å². The summed E-state index contributed by atoms with van der Waals surface area (Å²) in [5.74, 6) is 0.596. The Bertz CT molecular complexity index is 507. The van der Waals surface area contributed by atoms with Crippen molar-refractivity contribution < 1.29 is 14.6 Å². The van der Waals surface area contributed by atoms with Gasteiger partial charge in [0.05, 0.1) is 18.0 Å². The number of carboxylic acid groups (broad SMARTS) is 1. The number of rotatable bonds is 5. The lowest BCUT2D eigenvalue weighted by Gasteiger charge is -2.23. The van der Waals surface area contributed by atoms with Crippen LogP contribution in [0.3, 0.4) is 0 Å². The molecule has 19 heavy (non-hydrogen) atoms. The van der Waals surface area contributed by atoms with Crippen LogP contribution in [0.2, 0.25) is 0 Å². The normalized spacial score (nSPS) is 16.2. The number of benzene rings is 1. The summed E-state index contributed by atoms with van der Waals surface area (Å²) in [6, 6.07) is 2.03. The van der Waals surface area contributed by atoms with Crippen molar-refractivity contribution in [2.45, 2.75) is 39.0 Å². The molecular weight excluding hydrogens is 308 g/mol. The number of halogens is 1. The Kier molecular flexibility index (Phi) is 4.19. The van der Waals surface area contributed by atoms with Crippen LogP contribution in [0.15, 0.2) is 10.5 Å². The van der Waals surface area contributed by atoms with Crippen LogP contribution in [-0.2, 0) is 4.79 Å². The molecule has 0 radical (unpaired) electrons. The highest BCUT2D eigenvalue weighted by Gasteiger charge is 2.37. The van der Waals surface area contributed by atoms with Gasteiger partial charge in [-0.25, -0.2) is 0 Å². The number of carbonyl (C=O) groups is 1. The summed E-state index contributed by atoms with van der Waals surface area (Å²) in [6.07, 6.45) is 2.41. The van der Waals surface area contributed by atoms with E-state index >= 15 is 0 Å². The van der Waals surface area contributed by atoms with Crippen molar-refractivity contribution in [3.05, 3.63) is 27.2 Å². The maximum atomic E-state index is 11.1. The molecule has 3 nitrogen and oxygen atoms in total. The molecule has 0 bridgehead atoms. The van der Waals surface area contributed by atoms with Crippen LogP contribution in [-0.4, -0.2) is 18.2 Å². The van der Waals surface area contributed by atoms with Gasteiger partial charge in [0.25, 0.3) is 0 Å². The van der Waals surface area contributed by atoms with Gasteiger partial charge in [0.2, 0.25) is 0 Å². The van der Waals surface area contributed by atoms with Crippen molar-refractivity contribution in [1.82, 2.24) is 0 Å². The van der Waals surface area contributed by atoms with Gasteiger partial charge in [-0.2, -0.15) is 0 Å². The topological polar surface area (TPSA) is 46.5 Å². The molecule has 1 fully saturated rings. The Morgan fingerprint density at radius 1 is 1.53 bits per heavy atom. The third-order valence-electron chi connectivity index (χ3n) is 3.96. The first-order chi connectivity index (χ1) is 8.95. The number of hydrogen-bond acceptors (Lipinski definition) is 2. The van der Waals surface area contributed by atoms with Gasteiger partial charge in [0.15, 0.2) is 0 Å². The van der Waals surface area contributed by atoms with E-state index in [4.69, 9.17) is 9.84 Å². The second kappa shape index (κ2) is 5.53.